The van der Waals surface area contributed by atoms with Gasteiger partial charge in [0.15, 0.2) is 0 Å². The first-order valence-corrected chi connectivity index (χ1v) is 49.0. The average Bonchev–Trinajstić information content (AvgIpc) is 1.58. The SMILES string of the molecule is CC(=O)N1CC(C)(C)c2sccc21.CC1(C)CN(C=O)c2ccsc21.CC1(C)CN(S(C)(=O)=O)c2ccsc21.CN1C(=O)C(C)(C)c2sccc21.CN1CC(C)(C)c2sccc21.CN1Cc2ccsc2C1(C)C.CN1c2ccsc2C(C)(C)S1(=O)=O.CN1c2ccsc2C(C)(C)S1=O.COC(=O)N1CC(C)(C)c2sccc21. The third kappa shape index (κ3) is 16.6. The van der Waals surface area contributed by atoms with E-state index in [1.165, 1.54) is 73.8 Å². The number of thiophene rings is 9. The average molecular weight is 1750 g/mol. The number of carbonyl (C=O) groups is 4. The Kier molecular flexibility index (Phi) is 25.5. The smallest absolute Gasteiger partial charge is 0.414 e. The van der Waals surface area contributed by atoms with Gasteiger partial charge in [-0.2, -0.15) is 0 Å². The van der Waals surface area contributed by atoms with E-state index in [0.717, 1.165) is 77.3 Å². The van der Waals surface area contributed by atoms with Gasteiger partial charge in [-0.25, -0.2) is 25.8 Å². The highest BCUT2D eigenvalue weighted by molar-refractivity contribution is 7.94. The minimum atomic E-state index is -3.18. The van der Waals surface area contributed by atoms with Crippen LogP contribution in [0.15, 0.2) is 103 Å². The second-order valence-corrected chi connectivity index (χ2v) is 49.2. The number of amides is 4. The van der Waals surface area contributed by atoms with Gasteiger partial charge in [-0.15, -0.1) is 102 Å². The zero-order valence-corrected chi connectivity index (χ0v) is 79.0. The maximum atomic E-state index is 11.9. The van der Waals surface area contributed by atoms with Crippen molar-refractivity contribution in [2.75, 3.05) is 119 Å². The number of anilines is 8. The van der Waals surface area contributed by atoms with Crippen LogP contribution in [-0.4, -0.2) is 132 Å². The first kappa shape index (κ1) is 88.6. The molecule has 0 N–H and O–H groups in total. The van der Waals surface area contributed by atoms with Crippen molar-refractivity contribution in [3.63, 3.8) is 0 Å². The molecule has 0 radical (unpaired) electrons. The van der Waals surface area contributed by atoms with E-state index in [1.807, 2.05) is 143 Å². The molecule has 9 aliphatic rings. The molecule has 0 aliphatic carbocycles. The van der Waals surface area contributed by atoms with Gasteiger partial charge in [0.25, 0.3) is 0 Å². The molecule has 0 bridgehead atoms. The summed E-state index contributed by atoms with van der Waals surface area (Å²) in [6, 6.07) is 18.3. The Bertz CT molecular complexity index is 5100. The lowest BCUT2D eigenvalue weighted by Gasteiger charge is -2.27. The van der Waals surface area contributed by atoms with E-state index in [2.05, 4.69) is 141 Å². The second-order valence-electron chi connectivity index (χ2n) is 34.4. The van der Waals surface area contributed by atoms with Crippen LogP contribution in [0.2, 0.25) is 0 Å². The molecule has 9 aliphatic heterocycles. The normalized spacial score (nSPS) is 20.8. The Balaban J connectivity index is 0.000000134. The Labute approximate surface area is 703 Å². The third-order valence-corrected chi connectivity index (χ3v) is 38.7. The number of hydrogen-bond donors (Lipinski definition) is 0. The topological polar surface area (TPSA) is 192 Å². The molecule has 0 saturated carbocycles. The van der Waals surface area contributed by atoms with Crippen LogP contribution < -0.4 is 37.4 Å². The van der Waals surface area contributed by atoms with Crippen LogP contribution in [0, 0.1) is 0 Å². The minimum Gasteiger partial charge on any atom is -0.452 e. The fourth-order valence-corrected chi connectivity index (χ4v) is 29.4. The van der Waals surface area contributed by atoms with E-state index in [1.54, 1.807) is 120 Å². The molecule has 0 saturated heterocycles. The van der Waals surface area contributed by atoms with Crippen molar-refractivity contribution in [2.45, 2.75) is 186 Å². The van der Waals surface area contributed by atoms with E-state index in [0.29, 0.717) is 18.5 Å². The number of likely N-dealkylation sites (N-methyl/N-ethyl adjacent to an activating group) is 2. The maximum absolute atomic E-state index is 11.9. The summed E-state index contributed by atoms with van der Waals surface area (Å²) in [7, 11) is 3.91. The van der Waals surface area contributed by atoms with Crippen LogP contribution in [0.4, 0.5) is 50.3 Å². The van der Waals surface area contributed by atoms with Crippen LogP contribution in [-0.2, 0) is 104 Å². The fourth-order valence-electron chi connectivity index (χ4n) is 15.5. The van der Waals surface area contributed by atoms with E-state index in [4.69, 9.17) is 4.74 Å². The third-order valence-electron chi connectivity index (χ3n) is 21.8. The molecule has 112 heavy (non-hydrogen) atoms. The van der Waals surface area contributed by atoms with Gasteiger partial charge in [-0.3, -0.25) is 37.1 Å². The Hall–Kier alpha value is -5.81. The van der Waals surface area contributed by atoms with Crippen molar-refractivity contribution in [1.29, 1.82) is 0 Å². The van der Waals surface area contributed by atoms with Gasteiger partial charge >= 0.3 is 6.09 Å². The van der Waals surface area contributed by atoms with Gasteiger partial charge in [0.05, 0.1) is 79.4 Å². The quantitative estimate of drug-likeness (QED) is 0.149. The minimum absolute atomic E-state index is 0.0490. The summed E-state index contributed by atoms with van der Waals surface area (Å²) in [6.45, 7) is 44.7. The lowest BCUT2D eigenvalue weighted by atomic mass is 9.93. The first-order chi connectivity index (χ1) is 51.8. The summed E-state index contributed by atoms with van der Waals surface area (Å²) < 4.78 is 67.1. The molecule has 9 aromatic rings. The molecule has 1 unspecified atom stereocenters. The van der Waals surface area contributed by atoms with E-state index in [-0.39, 0.29) is 55.3 Å². The number of nitrogens with zero attached hydrogens (tertiary/aromatic N) is 9. The maximum Gasteiger partial charge on any atom is 0.414 e. The Morgan fingerprint density at radius 3 is 1.36 bits per heavy atom. The standard InChI is InChI=1S/C10H13NO2S.C10H13NOS.C9H13NO2S2.2C9H11NOS.2C9H13NS.C8H11NO2S2.C8H11NOS2/c1-10(2)6-11(9(12)13-3)7-4-5-14-8(7)10;1-7(12)11-6-10(2,3)9-8(11)4-5-13-9;1-9(2)6-10(14(3,11)12)7-4-5-13-8(7)9;1-9(2)7-6(4-5-12-7)10(3)8(9)11;1-9(2)5-10(6-11)7-3-4-12-8(7)9;1-9(2)6-10(3)7-4-5-11-8(7)9;1-9(2)8-7(4-5-11-8)6-10(9)3;1-8(2)7-6(4-5-12-7)9(3)13(8,10)11;1-8(2)7-6(4-5-11-7)9(3)12(8)10/h4-5H,6H2,1-3H3;4-5H,6H2,1-3H3;4-5H,6H2,1-3H3;4-5H,1-3H3;3-4,6H,5H2,1-2H3;2*4-5H,6H2,1-3H3;4-5H,1-3H3;4-5H,1-3H3. The molecule has 0 aromatic carbocycles. The predicted octanol–water partition coefficient (Wildman–Crippen LogP) is 19.6. The molecule has 18 heterocycles. The van der Waals surface area contributed by atoms with Crippen LogP contribution in [0.25, 0.3) is 0 Å². The molecular formula is C81H109N9O10S12. The van der Waals surface area contributed by atoms with Crippen molar-refractivity contribution in [1.82, 2.24) is 4.90 Å². The zero-order chi connectivity index (χ0) is 83.1. The lowest BCUT2D eigenvalue weighted by Crippen LogP contribution is -2.33. The van der Waals surface area contributed by atoms with Gasteiger partial charge in [0.2, 0.25) is 38.3 Å². The largest absolute Gasteiger partial charge is 0.452 e. The summed E-state index contributed by atoms with van der Waals surface area (Å²) in [5.74, 6) is 0.342. The number of hydrogen-bond acceptors (Lipinski definition) is 21. The highest BCUT2D eigenvalue weighted by Gasteiger charge is 2.50. The highest BCUT2D eigenvalue weighted by Crippen LogP contribution is 2.52. The first-order valence-electron chi connectivity index (χ1n) is 36.7. The molecule has 31 heteroatoms. The zero-order valence-electron chi connectivity index (χ0n) is 69.2. The van der Waals surface area contributed by atoms with Gasteiger partial charge in [0.1, 0.15) is 15.7 Å². The van der Waals surface area contributed by atoms with E-state index >= 15 is 0 Å². The summed E-state index contributed by atoms with van der Waals surface area (Å²) in [5.41, 5.74) is 10.7. The number of ether oxygens (including phenoxy) is 1. The van der Waals surface area contributed by atoms with Gasteiger partial charge in [-0.05, 0) is 171 Å². The molecule has 9 aromatic heterocycles. The summed E-state index contributed by atoms with van der Waals surface area (Å²) >= 11 is 15.4. The summed E-state index contributed by atoms with van der Waals surface area (Å²) in [5, 5.41) is 18.5. The molecule has 4 amide bonds. The van der Waals surface area contributed by atoms with Crippen molar-refractivity contribution in [2.24, 2.45) is 0 Å². The molecule has 18 rings (SSSR count). The summed E-state index contributed by atoms with van der Waals surface area (Å²) in [6.07, 6.45) is 1.91. The van der Waals surface area contributed by atoms with Crippen molar-refractivity contribution in [3.05, 3.63) is 152 Å². The van der Waals surface area contributed by atoms with E-state index < -0.39 is 35.8 Å². The molecular weight excluding hydrogens is 1640 g/mol. The lowest BCUT2D eigenvalue weighted by molar-refractivity contribution is -0.121. The van der Waals surface area contributed by atoms with Crippen molar-refractivity contribution >= 4 is 203 Å². The second kappa shape index (κ2) is 32.2. The van der Waals surface area contributed by atoms with Crippen molar-refractivity contribution < 1.29 is 45.0 Å². The fraction of sp³-hybridized carbons (Fsp3) is 0.506. The number of rotatable bonds is 2. The Morgan fingerprint density at radius 1 is 0.482 bits per heavy atom. The molecule has 1 atom stereocenters. The van der Waals surface area contributed by atoms with Gasteiger partial charge in [-0.1, -0.05) is 69.2 Å². The number of fused-ring (bicyclic) bond motifs is 9. The highest BCUT2D eigenvalue weighted by atomic mass is 32.2. The number of methoxy groups -OCH3 is 1. The Morgan fingerprint density at radius 2 is 0.875 bits per heavy atom. The number of carbonyl (C=O) groups excluding carboxylic acids is 4. The summed E-state index contributed by atoms with van der Waals surface area (Å²) in [4.78, 5) is 68.5. The van der Waals surface area contributed by atoms with Crippen LogP contribution in [0.1, 0.15) is 181 Å². The molecule has 0 fully saturated rings. The molecule has 19 nitrogen and oxygen atoms in total. The molecule has 610 valence electrons. The van der Waals surface area contributed by atoms with Gasteiger partial charge in [0, 0.05) is 140 Å². The van der Waals surface area contributed by atoms with Crippen LogP contribution >= 0.6 is 102 Å². The number of sulfonamides is 2. The van der Waals surface area contributed by atoms with Crippen LogP contribution in [0.5, 0.6) is 0 Å². The monoisotopic (exact) mass is 1750 g/mol. The molecule has 0 spiro atoms. The van der Waals surface area contributed by atoms with E-state index in [9.17, 15) is 40.2 Å². The van der Waals surface area contributed by atoms with Crippen molar-refractivity contribution in [3.8, 4) is 0 Å². The van der Waals surface area contributed by atoms with Crippen LogP contribution in [0.3, 0.4) is 0 Å². The predicted molar refractivity (Wildman–Crippen MR) is 481 cm³/mol. The van der Waals surface area contributed by atoms with Gasteiger partial charge < -0.3 is 24.3 Å².